The third-order valence-corrected chi connectivity index (χ3v) is 4.82. The van der Waals surface area contributed by atoms with Gasteiger partial charge in [-0.1, -0.05) is 6.07 Å². The fourth-order valence-corrected chi connectivity index (χ4v) is 3.22. The van der Waals surface area contributed by atoms with Crippen molar-refractivity contribution in [1.29, 1.82) is 0 Å². The second kappa shape index (κ2) is 7.85. The van der Waals surface area contributed by atoms with Crippen LogP contribution in [0, 0.1) is 0 Å². The molecule has 1 aromatic carbocycles. The molecule has 0 saturated carbocycles. The maximum absolute atomic E-state index is 13.1. The molecule has 2 aliphatic rings. The monoisotopic (exact) mass is 357 g/mol. The van der Waals surface area contributed by atoms with Gasteiger partial charge in [-0.25, -0.2) is 4.79 Å². The molecular weight excluding hydrogens is 333 g/mol. The summed E-state index contributed by atoms with van der Waals surface area (Å²) in [6.45, 7) is 4.25. The normalized spacial score (nSPS) is 22.3. The van der Waals surface area contributed by atoms with Crippen molar-refractivity contribution in [2.75, 3.05) is 26.4 Å². The van der Waals surface area contributed by atoms with Gasteiger partial charge in [0.05, 0.1) is 31.6 Å². The molecule has 138 valence electrons. The van der Waals surface area contributed by atoms with Crippen LogP contribution < -0.4 is 4.74 Å². The van der Waals surface area contributed by atoms with E-state index in [1.165, 1.54) is 0 Å². The van der Waals surface area contributed by atoms with E-state index in [-0.39, 0.29) is 11.9 Å². The van der Waals surface area contributed by atoms with Crippen molar-refractivity contribution >= 4 is 19.7 Å². The van der Waals surface area contributed by atoms with Crippen molar-refractivity contribution in [3.63, 3.8) is 0 Å². The van der Waals surface area contributed by atoms with Crippen molar-refractivity contribution in [1.82, 2.24) is 4.90 Å². The Morgan fingerprint density at radius 1 is 1.35 bits per heavy atom. The molecule has 1 aromatic rings. The lowest BCUT2D eigenvalue weighted by Crippen LogP contribution is -2.42. The number of amides is 1. The van der Waals surface area contributed by atoms with E-state index in [0.29, 0.717) is 50.6 Å². The molecule has 2 heterocycles. The zero-order valence-electron chi connectivity index (χ0n) is 15.3. The summed E-state index contributed by atoms with van der Waals surface area (Å²) < 4.78 is 16.1. The molecule has 0 saturated heterocycles. The van der Waals surface area contributed by atoms with E-state index < -0.39 is 5.31 Å². The Morgan fingerprint density at radius 3 is 2.92 bits per heavy atom. The molecule has 26 heavy (non-hydrogen) atoms. The summed E-state index contributed by atoms with van der Waals surface area (Å²) >= 11 is 0. The van der Waals surface area contributed by atoms with Gasteiger partial charge in [-0.2, -0.15) is 0 Å². The van der Waals surface area contributed by atoms with Gasteiger partial charge in [0.1, 0.15) is 13.6 Å². The van der Waals surface area contributed by atoms with E-state index in [1.807, 2.05) is 24.9 Å². The fraction of sp³-hybridized carbons (Fsp3) is 0.474. The standard InChI is InChI=1S/C19H24BNO5/c1-2-25-17(22)14-4-5-15-13-21(8-3-9-26-16(15)12-14)18(23)19(20)6-10-24-11-7-19/h4-6,10,12H,2-3,7-9,11,13,20H2,1H3. The largest absolute Gasteiger partial charge is 0.502 e. The van der Waals surface area contributed by atoms with Crippen LogP contribution in [0.1, 0.15) is 35.7 Å². The molecule has 0 radical (unpaired) electrons. The first-order valence-corrected chi connectivity index (χ1v) is 9.05. The highest BCUT2D eigenvalue weighted by atomic mass is 16.5. The second-order valence-electron chi connectivity index (χ2n) is 6.81. The van der Waals surface area contributed by atoms with Crippen molar-refractivity contribution in [2.45, 2.75) is 31.6 Å². The summed E-state index contributed by atoms with van der Waals surface area (Å²) in [6.07, 6.45) is 4.88. The van der Waals surface area contributed by atoms with E-state index in [0.717, 1.165) is 12.0 Å². The predicted octanol–water partition coefficient (Wildman–Crippen LogP) is 1.70. The Bertz CT molecular complexity index is 720. The van der Waals surface area contributed by atoms with E-state index in [2.05, 4.69) is 0 Å². The summed E-state index contributed by atoms with van der Waals surface area (Å²) in [5, 5.41) is -0.538. The predicted molar refractivity (Wildman–Crippen MR) is 98.9 cm³/mol. The molecule has 0 fully saturated rings. The summed E-state index contributed by atoms with van der Waals surface area (Å²) in [7, 11) is 1.95. The molecule has 0 N–H and O–H groups in total. The third kappa shape index (κ3) is 3.87. The number of fused-ring (bicyclic) bond motifs is 1. The van der Waals surface area contributed by atoms with Crippen LogP contribution >= 0.6 is 0 Å². The Hall–Kier alpha value is -2.44. The number of nitrogens with zero attached hydrogens (tertiary/aromatic N) is 1. The number of hydrogen-bond acceptors (Lipinski definition) is 5. The molecule has 3 rings (SSSR count). The molecule has 6 nitrogen and oxygen atoms in total. The summed E-state index contributed by atoms with van der Waals surface area (Å²) in [5.74, 6) is 0.369. The first kappa shape index (κ1) is 18.4. The minimum absolute atomic E-state index is 0.0966. The molecule has 1 atom stereocenters. The molecule has 7 heteroatoms. The zero-order chi connectivity index (χ0) is 18.6. The second-order valence-corrected chi connectivity index (χ2v) is 6.81. The van der Waals surface area contributed by atoms with Crippen LogP contribution in [0.5, 0.6) is 5.75 Å². The Labute approximate surface area is 154 Å². The van der Waals surface area contributed by atoms with Gasteiger partial charge in [-0.15, -0.1) is 0 Å². The number of esters is 1. The van der Waals surface area contributed by atoms with Crippen LogP contribution in [-0.4, -0.2) is 51.0 Å². The molecule has 1 unspecified atom stereocenters. The van der Waals surface area contributed by atoms with Gasteiger partial charge in [-0.3, -0.25) is 4.79 Å². The number of benzene rings is 1. The number of carbonyl (C=O) groups is 2. The molecule has 0 aliphatic carbocycles. The van der Waals surface area contributed by atoms with Crippen molar-refractivity contribution in [3.8, 4) is 5.75 Å². The average molecular weight is 357 g/mol. The van der Waals surface area contributed by atoms with Gasteiger partial charge in [0.25, 0.3) is 0 Å². The zero-order valence-corrected chi connectivity index (χ0v) is 15.3. The fourth-order valence-electron chi connectivity index (χ4n) is 3.22. The van der Waals surface area contributed by atoms with Crippen molar-refractivity contribution in [3.05, 3.63) is 41.7 Å². The van der Waals surface area contributed by atoms with Crippen LogP contribution in [0.3, 0.4) is 0 Å². The number of rotatable bonds is 3. The first-order chi connectivity index (χ1) is 12.5. The Kier molecular flexibility index (Phi) is 5.54. The average Bonchev–Trinajstić information content (AvgIpc) is 2.62. The van der Waals surface area contributed by atoms with Crippen LogP contribution in [0.25, 0.3) is 0 Å². The quantitative estimate of drug-likeness (QED) is 0.609. The van der Waals surface area contributed by atoms with Gasteiger partial charge in [0.2, 0.25) is 5.91 Å². The Balaban J connectivity index is 1.82. The van der Waals surface area contributed by atoms with Gasteiger partial charge in [-0.05, 0) is 38.0 Å². The van der Waals surface area contributed by atoms with E-state index in [1.54, 1.807) is 25.3 Å². The van der Waals surface area contributed by atoms with E-state index in [4.69, 9.17) is 14.2 Å². The summed E-state index contributed by atoms with van der Waals surface area (Å²) in [6, 6.07) is 5.27. The topological polar surface area (TPSA) is 65.1 Å². The third-order valence-electron chi connectivity index (χ3n) is 4.82. The summed E-state index contributed by atoms with van der Waals surface area (Å²) in [4.78, 5) is 26.9. The molecule has 1 amide bonds. The van der Waals surface area contributed by atoms with Gasteiger partial charge < -0.3 is 19.1 Å². The van der Waals surface area contributed by atoms with Crippen molar-refractivity contribution in [2.24, 2.45) is 0 Å². The minimum Gasteiger partial charge on any atom is -0.502 e. The van der Waals surface area contributed by atoms with Crippen LogP contribution in [-0.2, 0) is 20.8 Å². The van der Waals surface area contributed by atoms with Crippen LogP contribution in [0.4, 0.5) is 0 Å². The highest BCUT2D eigenvalue weighted by molar-refractivity contribution is 6.29. The van der Waals surface area contributed by atoms with Crippen LogP contribution in [0.15, 0.2) is 30.5 Å². The first-order valence-electron chi connectivity index (χ1n) is 9.05. The molecular formula is C19H24BNO5. The lowest BCUT2D eigenvalue weighted by molar-refractivity contribution is -0.134. The van der Waals surface area contributed by atoms with Gasteiger partial charge >= 0.3 is 5.97 Å². The van der Waals surface area contributed by atoms with E-state index in [9.17, 15) is 9.59 Å². The summed E-state index contributed by atoms with van der Waals surface area (Å²) in [5.41, 5.74) is 1.36. The SMILES string of the molecule is BC1(C(=O)N2CCCOc3cc(C(=O)OCC)ccc3C2)C=COCC1. The number of carbonyl (C=O) groups excluding carboxylic acids is 2. The van der Waals surface area contributed by atoms with Crippen LogP contribution in [0.2, 0.25) is 5.31 Å². The van der Waals surface area contributed by atoms with Crippen molar-refractivity contribution < 1.29 is 23.8 Å². The highest BCUT2D eigenvalue weighted by Crippen LogP contribution is 2.35. The van der Waals surface area contributed by atoms with Gasteiger partial charge in [0.15, 0.2) is 0 Å². The maximum Gasteiger partial charge on any atom is 0.338 e. The number of hydrogen-bond donors (Lipinski definition) is 0. The lowest BCUT2D eigenvalue weighted by Gasteiger charge is -2.35. The molecule has 0 aromatic heterocycles. The maximum atomic E-state index is 13.1. The van der Waals surface area contributed by atoms with Gasteiger partial charge in [0, 0.05) is 24.0 Å². The Morgan fingerprint density at radius 2 is 2.19 bits per heavy atom. The number of ether oxygens (including phenoxy) is 3. The smallest absolute Gasteiger partial charge is 0.338 e. The molecule has 2 aliphatic heterocycles. The minimum atomic E-state index is -0.538. The molecule has 0 bridgehead atoms. The lowest BCUT2D eigenvalue weighted by atomic mass is 9.65. The van der Waals surface area contributed by atoms with E-state index >= 15 is 0 Å². The molecule has 0 spiro atoms. The highest BCUT2D eigenvalue weighted by Gasteiger charge is 2.36.